The molecule has 3 heterocycles. The molecule has 2 aromatic carbocycles. The number of benzene rings is 2. The van der Waals surface area contributed by atoms with E-state index in [9.17, 15) is 13.2 Å². The van der Waals surface area contributed by atoms with Gasteiger partial charge in [-0.05, 0) is 67.6 Å². The van der Waals surface area contributed by atoms with Gasteiger partial charge in [0.05, 0.1) is 28.3 Å². The van der Waals surface area contributed by atoms with Gasteiger partial charge < -0.3 is 4.74 Å². The number of halogens is 1. The molecule has 2 saturated heterocycles. The van der Waals surface area contributed by atoms with Crippen molar-refractivity contribution in [2.24, 2.45) is 5.92 Å². The van der Waals surface area contributed by atoms with Gasteiger partial charge in [-0.2, -0.15) is 4.31 Å². The van der Waals surface area contributed by atoms with Gasteiger partial charge in [0.25, 0.3) is 5.91 Å². The summed E-state index contributed by atoms with van der Waals surface area (Å²) in [6.07, 6.45) is 2.51. The summed E-state index contributed by atoms with van der Waals surface area (Å²) in [6.45, 7) is 7.80. The van der Waals surface area contributed by atoms with Crippen LogP contribution in [-0.2, 0) is 14.8 Å². The van der Waals surface area contributed by atoms with Crippen LogP contribution in [0, 0.1) is 5.92 Å². The zero-order valence-electron chi connectivity index (χ0n) is 21.5. The highest BCUT2D eigenvalue weighted by atomic mass is 35.5. The van der Waals surface area contributed by atoms with Gasteiger partial charge in [-0.3, -0.25) is 14.6 Å². The van der Waals surface area contributed by atoms with E-state index in [0.717, 1.165) is 62.3 Å². The number of rotatable bonds is 8. The van der Waals surface area contributed by atoms with Crippen molar-refractivity contribution < 1.29 is 17.9 Å². The van der Waals surface area contributed by atoms with Crippen LogP contribution in [0.1, 0.15) is 36.5 Å². The van der Waals surface area contributed by atoms with E-state index in [0.29, 0.717) is 41.3 Å². The number of hydrogen-bond donors (Lipinski definition) is 0. The molecule has 38 heavy (non-hydrogen) atoms. The number of ether oxygens (including phenoxy) is 1. The van der Waals surface area contributed by atoms with E-state index in [1.807, 2.05) is 12.1 Å². The van der Waals surface area contributed by atoms with Crippen molar-refractivity contribution >= 4 is 54.2 Å². The monoisotopic (exact) mass is 576 g/mol. The van der Waals surface area contributed by atoms with Gasteiger partial charge in [0, 0.05) is 49.9 Å². The lowest BCUT2D eigenvalue weighted by molar-refractivity contribution is 0.0376. The van der Waals surface area contributed by atoms with Crippen molar-refractivity contribution in [1.82, 2.24) is 14.2 Å². The molecule has 0 bridgehead atoms. The fourth-order valence-corrected chi connectivity index (χ4v) is 7.60. The molecule has 0 saturated carbocycles. The second-order valence-corrected chi connectivity index (χ2v) is 13.4. The molecular formula is C27H33ClN4O4S2. The highest BCUT2D eigenvalue weighted by Crippen LogP contribution is 2.32. The third-order valence-corrected chi connectivity index (χ3v) is 10.4. The van der Waals surface area contributed by atoms with Crippen LogP contribution in [0.15, 0.2) is 47.4 Å². The summed E-state index contributed by atoms with van der Waals surface area (Å²) in [7, 11) is -3.58. The summed E-state index contributed by atoms with van der Waals surface area (Å²) in [4.78, 5) is 22.7. The van der Waals surface area contributed by atoms with Crippen molar-refractivity contribution in [2.45, 2.75) is 31.1 Å². The van der Waals surface area contributed by atoms with Crippen molar-refractivity contribution in [3.05, 3.63) is 53.1 Å². The molecule has 0 unspecified atom stereocenters. The molecular weight excluding hydrogens is 544 g/mol. The maximum absolute atomic E-state index is 13.7. The number of aromatic nitrogens is 1. The Bertz CT molecular complexity index is 1370. The number of piperidine rings is 1. The first kappa shape index (κ1) is 27.5. The van der Waals surface area contributed by atoms with Gasteiger partial charge in [0.15, 0.2) is 5.13 Å². The molecule has 8 nitrogen and oxygen atoms in total. The number of hydrogen-bond acceptors (Lipinski definition) is 7. The Morgan fingerprint density at radius 3 is 2.53 bits per heavy atom. The van der Waals surface area contributed by atoms with Gasteiger partial charge >= 0.3 is 0 Å². The van der Waals surface area contributed by atoms with Crippen LogP contribution >= 0.6 is 22.9 Å². The SMILES string of the molecule is CC1CCN(S(=O)(=O)c2ccc(C(=O)N(CCCN3CCOCC3)c3nc4ccc(Cl)cc4s3)cc2)CC1. The largest absolute Gasteiger partial charge is 0.379 e. The number of fused-ring (bicyclic) bond motifs is 1. The Morgan fingerprint density at radius 1 is 1.11 bits per heavy atom. The van der Waals surface area contributed by atoms with Gasteiger partial charge in [-0.1, -0.05) is 29.9 Å². The average Bonchev–Trinajstić information content (AvgIpc) is 3.34. The molecule has 0 aliphatic carbocycles. The van der Waals surface area contributed by atoms with Crippen LogP contribution in [0.2, 0.25) is 5.02 Å². The number of morpholine rings is 1. The van der Waals surface area contributed by atoms with Gasteiger partial charge in [-0.15, -0.1) is 0 Å². The van der Waals surface area contributed by atoms with Crippen LogP contribution in [0.4, 0.5) is 5.13 Å². The molecule has 11 heteroatoms. The number of carbonyl (C=O) groups excluding carboxylic acids is 1. The molecule has 204 valence electrons. The Morgan fingerprint density at radius 2 is 1.82 bits per heavy atom. The first-order valence-electron chi connectivity index (χ1n) is 13.1. The molecule has 1 aromatic heterocycles. The molecule has 5 rings (SSSR count). The van der Waals surface area contributed by atoms with Crippen LogP contribution in [0.3, 0.4) is 0 Å². The van der Waals surface area contributed by atoms with E-state index in [2.05, 4.69) is 11.8 Å². The predicted octanol–water partition coefficient (Wildman–Crippen LogP) is 4.74. The second kappa shape index (κ2) is 12.0. The second-order valence-electron chi connectivity index (χ2n) is 9.98. The van der Waals surface area contributed by atoms with Crippen molar-refractivity contribution in [3.8, 4) is 0 Å². The van der Waals surface area contributed by atoms with Crippen molar-refractivity contribution in [3.63, 3.8) is 0 Å². The summed E-state index contributed by atoms with van der Waals surface area (Å²) in [6, 6.07) is 11.8. The number of anilines is 1. The van der Waals surface area contributed by atoms with E-state index < -0.39 is 10.0 Å². The Kier molecular flexibility index (Phi) is 8.66. The molecule has 2 aliphatic rings. The van der Waals surface area contributed by atoms with Crippen LogP contribution in [0.5, 0.6) is 0 Å². The number of amides is 1. The Labute approximate surface area is 233 Å². The quantitative estimate of drug-likeness (QED) is 0.385. The van der Waals surface area contributed by atoms with E-state index in [-0.39, 0.29) is 10.8 Å². The van der Waals surface area contributed by atoms with Crippen LogP contribution in [0.25, 0.3) is 10.2 Å². The third kappa shape index (κ3) is 6.21. The van der Waals surface area contributed by atoms with Crippen molar-refractivity contribution in [1.29, 1.82) is 0 Å². The highest BCUT2D eigenvalue weighted by molar-refractivity contribution is 7.89. The normalized spacial score (nSPS) is 18.2. The lowest BCUT2D eigenvalue weighted by atomic mass is 10.0. The summed E-state index contributed by atoms with van der Waals surface area (Å²) < 4.78 is 34.2. The van der Waals surface area contributed by atoms with E-state index >= 15 is 0 Å². The number of nitrogens with zero attached hydrogens (tertiary/aromatic N) is 4. The lowest BCUT2D eigenvalue weighted by Gasteiger charge is -2.29. The van der Waals surface area contributed by atoms with E-state index in [4.69, 9.17) is 21.3 Å². The zero-order chi connectivity index (χ0) is 26.7. The molecule has 2 fully saturated rings. The van der Waals surface area contributed by atoms with E-state index in [1.54, 1.807) is 39.5 Å². The summed E-state index contributed by atoms with van der Waals surface area (Å²) >= 11 is 7.61. The third-order valence-electron chi connectivity index (χ3n) is 7.26. The topological polar surface area (TPSA) is 83.1 Å². The molecule has 0 radical (unpaired) electrons. The highest BCUT2D eigenvalue weighted by Gasteiger charge is 2.29. The minimum atomic E-state index is -3.58. The fraction of sp³-hybridized carbons (Fsp3) is 0.481. The predicted molar refractivity (Wildman–Crippen MR) is 152 cm³/mol. The zero-order valence-corrected chi connectivity index (χ0v) is 23.9. The summed E-state index contributed by atoms with van der Waals surface area (Å²) in [5.41, 5.74) is 1.22. The molecule has 1 amide bonds. The van der Waals surface area contributed by atoms with Crippen molar-refractivity contribution in [2.75, 3.05) is 57.4 Å². The molecule has 0 spiro atoms. The maximum Gasteiger partial charge on any atom is 0.260 e. The fourth-order valence-electron chi connectivity index (χ4n) is 4.86. The van der Waals surface area contributed by atoms with Crippen LogP contribution in [-0.4, -0.2) is 81.0 Å². The average molecular weight is 577 g/mol. The van der Waals surface area contributed by atoms with E-state index in [1.165, 1.54) is 11.3 Å². The summed E-state index contributed by atoms with van der Waals surface area (Å²) in [5, 5.41) is 1.23. The Hall–Kier alpha value is -2.08. The van der Waals surface area contributed by atoms with Gasteiger partial charge in [0.1, 0.15) is 0 Å². The number of sulfonamides is 1. The summed E-state index contributed by atoms with van der Waals surface area (Å²) in [5.74, 6) is 0.335. The first-order valence-corrected chi connectivity index (χ1v) is 15.7. The van der Waals surface area contributed by atoms with Gasteiger partial charge in [0.2, 0.25) is 10.0 Å². The molecule has 0 N–H and O–H groups in total. The van der Waals surface area contributed by atoms with Crippen LogP contribution < -0.4 is 4.90 Å². The van der Waals surface area contributed by atoms with Gasteiger partial charge in [-0.25, -0.2) is 13.4 Å². The lowest BCUT2D eigenvalue weighted by Crippen LogP contribution is -2.39. The smallest absolute Gasteiger partial charge is 0.260 e. The standard InChI is InChI=1S/C27H33ClN4O4S2/c1-20-9-13-31(14-10-20)38(34,35)23-6-3-21(4-7-23)26(33)32(12-2-11-30-15-17-36-18-16-30)27-29-24-8-5-22(28)19-25(24)37-27/h3-8,19-20H,2,9-18H2,1H3. The number of thiazole rings is 1. The first-order chi connectivity index (χ1) is 18.3. The Balaban J connectivity index is 1.36. The minimum Gasteiger partial charge on any atom is -0.379 e. The molecule has 2 aliphatic heterocycles. The molecule has 3 aromatic rings. The minimum absolute atomic E-state index is 0.201. The number of carbonyl (C=O) groups is 1. The maximum atomic E-state index is 13.7. The molecule has 0 atom stereocenters.